The van der Waals surface area contributed by atoms with E-state index >= 15 is 0 Å². The quantitative estimate of drug-likeness (QED) is 0.673. The smallest absolute Gasteiger partial charge is 0.323 e. The van der Waals surface area contributed by atoms with Crippen LogP contribution in [0.5, 0.6) is 0 Å². The summed E-state index contributed by atoms with van der Waals surface area (Å²) in [6, 6.07) is 0. The summed E-state index contributed by atoms with van der Waals surface area (Å²) >= 11 is 0. The molecule has 0 spiro atoms. The van der Waals surface area contributed by atoms with E-state index in [-0.39, 0.29) is 5.60 Å². The van der Waals surface area contributed by atoms with Crippen molar-refractivity contribution >= 4 is 5.97 Å². The summed E-state index contributed by atoms with van der Waals surface area (Å²) in [7, 11) is 1.67. The summed E-state index contributed by atoms with van der Waals surface area (Å²) < 4.78 is 5.25. The van der Waals surface area contributed by atoms with Gasteiger partial charge in [0.15, 0.2) is 0 Å². The van der Waals surface area contributed by atoms with E-state index in [1.807, 2.05) is 13.8 Å². The van der Waals surface area contributed by atoms with Crippen molar-refractivity contribution in [3.63, 3.8) is 0 Å². The lowest BCUT2D eigenvalue weighted by Gasteiger charge is -2.24. The first kappa shape index (κ1) is 11.5. The Labute approximate surface area is 84.6 Å². The first-order valence-electron chi connectivity index (χ1n) is 4.95. The number of carboxylic acid groups (broad SMARTS) is 1. The molecular formula is C10H19NO3. The standard InChI is InChI=1S/C10H19NO3/c1-9(2,14-3)6-7-11-10(4-5-10)8(12)13/h11H,4-7H2,1-3H3,(H,12,13). The van der Waals surface area contributed by atoms with E-state index in [0.29, 0.717) is 6.54 Å². The van der Waals surface area contributed by atoms with E-state index in [1.165, 1.54) is 0 Å². The van der Waals surface area contributed by atoms with Crippen LogP contribution >= 0.6 is 0 Å². The molecule has 0 amide bonds. The minimum absolute atomic E-state index is 0.179. The summed E-state index contributed by atoms with van der Waals surface area (Å²) in [5.41, 5.74) is -0.800. The van der Waals surface area contributed by atoms with Gasteiger partial charge in [-0.3, -0.25) is 4.79 Å². The fourth-order valence-corrected chi connectivity index (χ4v) is 1.30. The predicted molar refractivity (Wildman–Crippen MR) is 53.3 cm³/mol. The second kappa shape index (κ2) is 3.87. The number of nitrogens with one attached hydrogen (secondary N) is 1. The Morgan fingerprint density at radius 3 is 2.50 bits per heavy atom. The summed E-state index contributed by atoms with van der Waals surface area (Å²) in [5, 5.41) is 12.0. The second-order valence-electron chi connectivity index (χ2n) is 4.53. The number of rotatable bonds is 6. The van der Waals surface area contributed by atoms with Gasteiger partial charge in [-0.05, 0) is 39.7 Å². The van der Waals surface area contributed by atoms with Gasteiger partial charge in [0, 0.05) is 7.11 Å². The van der Waals surface area contributed by atoms with E-state index in [2.05, 4.69) is 5.32 Å². The molecule has 0 unspecified atom stereocenters. The van der Waals surface area contributed by atoms with Crippen molar-refractivity contribution in [1.82, 2.24) is 5.32 Å². The monoisotopic (exact) mass is 201 g/mol. The van der Waals surface area contributed by atoms with E-state index in [0.717, 1.165) is 19.3 Å². The van der Waals surface area contributed by atoms with E-state index in [9.17, 15) is 4.79 Å². The van der Waals surface area contributed by atoms with Crippen molar-refractivity contribution in [1.29, 1.82) is 0 Å². The van der Waals surface area contributed by atoms with Crippen molar-refractivity contribution in [2.45, 2.75) is 44.2 Å². The molecule has 0 aromatic rings. The molecule has 2 N–H and O–H groups in total. The van der Waals surface area contributed by atoms with Crippen LogP contribution in [0.25, 0.3) is 0 Å². The minimum atomic E-state index is -0.729. The highest BCUT2D eigenvalue weighted by molar-refractivity contribution is 5.82. The summed E-state index contributed by atoms with van der Waals surface area (Å²) in [5.74, 6) is -0.729. The first-order valence-corrected chi connectivity index (χ1v) is 4.95. The lowest BCUT2D eigenvalue weighted by Crippen LogP contribution is -2.41. The average Bonchev–Trinajstić information content (AvgIpc) is 2.85. The molecule has 0 radical (unpaired) electrons. The topological polar surface area (TPSA) is 58.6 Å². The molecule has 4 heteroatoms. The molecule has 0 aromatic carbocycles. The molecule has 0 atom stereocenters. The van der Waals surface area contributed by atoms with Crippen LogP contribution in [0.1, 0.15) is 33.1 Å². The van der Waals surface area contributed by atoms with Crippen LogP contribution in [0.3, 0.4) is 0 Å². The van der Waals surface area contributed by atoms with Crippen LogP contribution in [0.15, 0.2) is 0 Å². The van der Waals surface area contributed by atoms with Gasteiger partial charge in [-0.1, -0.05) is 0 Å². The molecule has 1 fully saturated rings. The average molecular weight is 201 g/mol. The van der Waals surface area contributed by atoms with Gasteiger partial charge in [-0.15, -0.1) is 0 Å². The van der Waals surface area contributed by atoms with Gasteiger partial charge in [0.2, 0.25) is 0 Å². The van der Waals surface area contributed by atoms with Gasteiger partial charge < -0.3 is 15.2 Å². The van der Waals surface area contributed by atoms with Gasteiger partial charge in [0.05, 0.1) is 5.60 Å². The molecule has 1 aliphatic carbocycles. The lowest BCUT2D eigenvalue weighted by atomic mass is 10.1. The van der Waals surface area contributed by atoms with Crippen LogP contribution in [0, 0.1) is 0 Å². The highest BCUT2D eigenvalue weighted by Gasteiger charge is 2.49. The summed E-state index contributed by atoms with van der Waals surface area (Å²) in [4.78, 5) is 10.8. The van der Waals surface area contributed by atoms with Gasteiger partial charge in [0.1, 0.15) is 5.54 Å². The van der Waals surface area contributed by atoms with Gasteiger partial charge >= 0.3 is 5.97 Å². The van der Waals surface area contributed by atoms with Crippen molar-refractivity contribution in [3.05, 3.63) is 0 Å². The Balaban J connectivity index is 2.25. The molecule has 1 saturated carbocycles. The van der Waals surface area contributed by atoms with E-state index < -0.39 is 11.5 Å². The number of ether oxygens (including phenoxy) is 1. The molecule has 1 aliphatic rings. The van der Waals surface area contributed by atoms with Gasteiger partial charge in [-0.25, -0.2) is 0 Å². The zero-order chi connectivity index (χ0) is 10.8. The van der Waals surface area contributed by atoms with Crippen molar-refractivity contribution in [3.8, 4) is 0 Å². The molecule has 1 rings (SSSR count). The SMILES string of the molecule is COC(C)(C)CCNC1(C(=O)O)CC1. The van der Waals surface area contributed by atoms with Crippen LogP contribution in [0.2, 0.25) is 0 Å². The number of carboxylic acids is 1. The predicted octanol–water partition coefficient (Wildman–Crippen LogP) is 1.01. The fourth-order valence-electron chi connectivity index (χ4n) is 1.30. The van der Waals surface area contributed by atoms with Gasteiger partial charge in [0.25, 0.3) is 0 Å². The normalized spacial score (nSPS) is 19.4. The van der Waals surface area contributed by atoms with Crippen LogP contribution in [-0.2, 0) is 9.53 Å². The Morgan fingerprint density at radius 2 is 2.14 bits per heavy atom. The van der Waals surface area contributed by atoms with Crippen molar-refractivity contribution < 1.29 is 14.6 Å². The third-order valence-electron chi connectivity index (χ3n) is 2.90. The molecule has 0 aromatic heterocycles. The Kier molecular flexibility index (Phi) is 3.17. The maximum absolute atomic E-state index is 10.8. The third-order valence-corrected chi connectivity index (χ3v) is 2.90. The summed E-state index contributed by atoms with van der Waals surface area (Å²) in [6.07, 6.45) is 2.31. The maximum Gasteiger partial charge on any atom is 0.323 e. The van der Waals surface area contributed by atoms with Gasteiger partial charge in [-0.2, -0.15) is 0 Å². The first-order chi connectivity index (χ1) is 6.42. The number of carbonyl (C=O) groups is 1. The molecule has 14 heavy (non-hydrogen) atoms. The number of hydrogen-bond acceptors (Lipinski definition) is 3. The van der Waals surface area contributed by atoms with E-state index in [1.54, 1.807) is 7.11 Å². The third kappa shape index (κ3) is 2.69. The molecule has 4 nitrogen and oxygen atoms in total. The van der Waals surface area contributed by atoms with Crippen molar-refractivity contribution in [2.24, 2.45) is 0 Å². The second-order valence-corrected chi connectivity index (χ2v) is 4.53. The van der Waals surface area contributed by atoms with Crippen LogP contribution in [0.4, 0.5) is 0 Å². The molecule has 0 heterocycles. The molecule has 0 aliphatic heterocycles. The number of aliphatic carboxylic acids is 1. The zero-order valence-corrected chi connectivity index (χ0v) is 9.09. The minimum Gasteiger partial charge on any atom is -0.480 e. The van der Waals surface area contributed by atoms with Crippen LogP contribution < -0.4 is 5.32 Å². The maximum atomic E-state index is 10.8. The largest absolute Gasteiger partial charge is 0.480 e. The fraction of sp³-hybridized carbons (Fsp3) is 0.900. The zero-order valence-electron chi connectivity index (χ0n) is 9.09. The number of hydrogen-bond donors (Lipinski definition) is 2. The molecule has 0 bridgehead atoms. The molecular weight excluding hydrogens is 182 g/mol. The molecule has 82 valence electrons. The van der Waals surface area contributed by atoms with E-state index in [4.69, 9.17) is 9.84 Å². The molecule has 0 saturated heterocycles. The Bertz CT molecular complexity index is 221. The van der Waals surface area contributed by atoms with Crippen molar-refractivity contribution in [2.75, 3.05) is 13.7 Å². The highest BCUT2D eigenvalue weighted by atomic mass is 16.5. The highest BCUT2D eigenvalue weighted by Crippen LogP contribution is 2.35. The Hall–Kier alpha value is -0.610. The lowest BCUT2D eigenvalue weighted by molar-refractivity contribution is -0.140. The summed E-state index contributed by atoms with van der Waals surface area (Å²) in [6.45, 7) is 4.68. The number of methoxy groups -OCH3 is 1. The Morgan fingerprint density at radius 1 is 1.57 bits per heavy atom. The van der Waals surface area contributed by atoms with Crippen LogP contribution in [-0.4, -0.2) is 35.9 Å².